The number of halogens is 1. The van der Waals surface area contributed by atoms with Crippen molar-refractivity contribution < 1.29 is 8.42 Å². The van der Waals surface area contributed by atoms with Crippen LogP contribution in [0.3, 0.4) is 0 Å². The van der Waals surface area contributed by atoms with Gasteiger partial charge in [-0.3, -0.25) is 0 Å². The summed E-state index contributed by atoms with van der Waals surface area (Å²) in [6.45, 7) is 2.06. The van der Waals surface area contributed by atoms with Crippen LogP contribution in [0, 0.1) is 0 Å². The van der Waals surface area contributed by atoms with Crippen LogP contribution < -0.4 is 0 Å². The van der Waals surface area contributed by atoms with Gasteiger partial charge in [0.2, 0.25) is 0 Å². The van der Waals surface area contributed by atoms with E-state index in [9.17, 15) is 8.42 Å². The van der Waals surface area contributed by atoms with Gasteiger partial charge in [-0.25, -0.2) is 8.42 Å². The molecule has 0 saturated carbocycles. The minimum absolute atomic E-state index is 0.0121. The Labute approximate surface area is 93.8 Å². The van der Waals surface area contributed by atoms with Crippen molar-refractivity contribution in [2.75, 3.05) is 12.0 Å². The molecule has 1 aromatic rings. The van der Waals surface area contributed by atoms with E-state index in [1.165, 1.54) is 11.1 Å². The van der Waals surface area contributed by atoms with E-state index >= 15 is 0 Å². The molecule has 1 rings (SSSR count). The number of thiophene rings is 1. The number of hydrogen-bond acceptors (Lipinski definition) is 3. The first-order valence-electron chi connectivity index (χ1n) is 4.32. The van der Waals surface area contributed by atoms with Crippen LogP contribution in [0.4, 0.5) is 0 Å². The van der Waals surface area contributed by atoms with Crippen molar-refractivity contribution in [3.8, 4) is 0 Å². The third-order valence-electron chi connectivity index (χ3n) is 1.79. The van der Waals surface area contributed by atoms with Crippen molar-refractivity contribution in [2.24, 2.45) is 0 Å². The quantitative estimate of drug-likeness (QED) is 0.772. The van der Waals surface area contributed by atoms with E-state index < -0.39 is 15.2 Å². The fourth-order valence-corrected chi connectivity index (χ4v) is 3.74. The molecule has 1 unspecified atom stereocenters. The third-order valence-corrected chi connectivity index (χ3v) is 4.77. The van der Waals surface area contributed by atoms with Gasteiger partial charge in [-0.1, -0.05) is 6.92 Å². The van der Waals surface area contributed by atoms with Crippen molar-refractivity contribution in [3.05, 3.63) is 21.9 Å². The van der Waals surface area contributed by atoms with Crippen molar-refractivity contribution in [3.63, 3.8) is 0 Å². The average molecular weight is 253 g/mol. The molecular weight excluding hydrogens is 240 g/mol. The highest BCUT2D eigenvalue weighted by molar-refractivity contribution is 7.90. The number of sulfone groups is 1. The largest absolute Gasteiger partial charge is 0.229 e. The van der Waals surface area contributed by atoms with Crippen molar-refractivity contribution in [1.29, 1.82) is 0 Å². The summed E-state index contributed by atoms with van der Waals surface area (Å²) in [5.41, 5.74) is 0. The molecule has 0 radical (unpaired) electrons. The Morgan fingerprint density at radius 2 is 2.14 bits per heavy atom. The van der Waals surface area contributed by atoms with E-state index in [1.807, 2.05) is 12.1 Å². The van der Waals surface area contributed by atoms with Gasteiger partial charge in [-0.2, -0.15) is 0 Å². The molecule has 1 atom stereocenters. The van der Waals surface area contributed by atoms with Crippen molar-refractivity contribution >= 4 is 32.8 Å². The Kier molecular flexibility index (Phi) is 3.98. The van der Waals surface area contributed by atoms with Gasteiger partial charge in [0.15, 0.2) is 0 Å². The molecule has 0 N–H and O–H groups in total. The molecule has 0 aromatic carbocycles. The Bertz CT molecular complexity index is 395. The molecule has 5 heteroatoms. The summed E-state index contributed by atoms with van der Waals surface area (Å²) in [7, 11) is -2.99. The number of rotatable bonds is 4. The first-order chi connectivity index (χ1) is 6.42. The van der Waals surface area contributed by atoms with Crippen LogP contribution in [0.15, 0.2) is 12.1 Å². The zero-order chi connectivity index (χ0) is 10.8. The Balaban J connectivity index is 2.74. The summed E-state index contributed by atoms with van der Waals surface area (Å²) in [6.07, 6.45) is 2.17. The van der Waals surface area contributed by atoms with Gasteiger partial charge >= 0.3 is 0 Å². The molecule has 1 heterocycles. The van der Waals surface area contributed by atoms with Gasteiger partial charge in [0.1, 0.15) is 9.84 Å². The standard InChI is InChI=1S/C9H13ClO2S2/c1-3-7-4-5-9(13-7)8(10)6-14(2,11)12/h4-5,8H,3,6H2,1-2H3. The van der Waals surface area contributed by atoms with Crippen LogP contribution in [0.5, 0.6) is 0 Å². The fourth-order valence-electron chi connectivity index (χ4n) is 1.10. The van der Waals surface area contributed by atoms with Crippen LogP contribution in [-0.2, 0) is 16.3 Å². The molecule has 0 fully saturated rings. The van der Waals surface area contributed by atoms with Gasteiger partial charge in [-0.15, -0.1) is 22.9 Å². The zero-order valence-electron chi connectivity index (χ0n) is 8.16. The molecule has 0 aliphatic carbocycles. The lowest BCUT2D eigenvalue weighted by Gasteiger charge is -2.04. The van der Waals surface area contributed by atoms with Crippen molar-refractivity contribution in [2.45, 2.75) is 18.7 Å². The second-order valence-corrected chi connectivity index (χ2v) is 7.13. The number of hydrogen-bond donors (Lipinski definition) is 0. The topological polar surface area (TPSA) is 34.1 Å². The maximum absolute atomic E-state index is 11.0. The second-order valence-electron chi connectivity index (χ2n) is 3.22. The Morgan fingerprint density at radius 3 is 2.57 bits per heavy atom. The summed E-state index contributed by atoms with van der Waals surface area (Å²) in [4.78, 5) is 2.17. The smallest absolute Gasteiger partial charge is 0.149 e. The lowest BCUT2D eigenvalue weighted by atomic mass is 10.3. The normalized spacial score (nSPS) is 14.2. The first kappa shape index (κ1) is 12.0. The minimum atomic E-state index is -2.99. The van der Waals surface area contributed by atoms with Crippen LogP contribution >= 0.6 is 22.9 Å². The molecule has 14 heavy (non-hydrogen) atoms. The van der Waals surface area contributed by atoms with Crippen LogP contribution in [0.2, 0.25) is 0 Å². The van der Waals surface area contributed by atoms with Gasteiger partial charge in [0, 0.05) is 16.0 Å². The predicted molar refractivity (Wildman–Crippen MR) is 62.0 cm³/mol. The minimum Gasteiger partial charge on any atom is -0.229 e. The Hall–Kier alpha value is -0.0600. The van der Waals surface area contributed by atoms with E-state index in [4.69, 9.17) is 11.6 Å². The maximum atomic E-state index is 11.0. The van der Waals surface area contributed by atoms with Crippen molar-refractivity contribution in [1.82, 2.24) is 0 Å². The summed E-state index contributed by atoms with van der Waals surface area (Å²) >= 11 is 7.58. The molecule has 0 amide bonds. The second kappa shape index (κ2) is 4.64. The van der Waals surface area contributed by atoms with E-state index in [0.717, 1.165) is 11.3 Å². The van der Waals surface area contributed by atoms with E-state index in [2.05, 4.69) is 6.92 Å². The summed E-state index contributed by atoms with van der Waals surface area (Å²) in [5.74, 6) is 0.0121. The summed E-state index contributed by atoms with van der Waals surface area (Å²) in [5, 5.41) is -0.407. The van der Waals surface area contributed by atoms with E-state index in [0.29, 0.717) is 0 Å². The molecule has 0 aliphatic heterocycles. The number of alkyl halides is 1. The fraction of sp³-hybridized carbons (Fsp3) is 0.556. The van der Waals surface area contributed by atoms with Crippen LogP contribution in [0.25, 0.3) is 0 Å². The number of aryl methyl sites for hydroxylation is 1. The lowest BCUT2D eigenvalue weighted by molar-refractivity contribution is 0.600. The lowest BCUT2D eigenvalue weighted by Crippen LogP contribution is -2.07. The molecule has 1 aromatic heterocycles. The first-order valence-corrected chi connectivity index (χ1v) is 7.64. The van der Waals surface area contributed by atoms with Crippen LogP contribution in [0.1, 0.15) is 22.1 Å². The molecule has 2 nitrogen and oxygen atoms in total. The third kappa shape index (κ3) is 3.59. The highest BCUT2D eigenvalue weighted by atomic mass is 35.5. The summed E-state index contributed by atoms with van der Waals surface area (Å²) in [6, 6.07) is 3.91. The van der Waals surface area contributed by atoms with Crippen LogP contribution in [-0.4, -0.2) is 20.4 Å². The van der Waals surface area contributed by atoms with E-state index in [1.54, 1.807) is 11.3 Å². The highest BCUT2D eigenvalue weighted by Crippen LogP contribution is 2.29. The zero-order valence-corrected chi connectivity index (χ0v) is 10.5. The Morgan fingerprint density at radius 1 is 1.50 bits per heavy atom. The molecular formula is C9H13ClO2S2. The monoisotopic (exact) mass is 252 g/mol. The molecule has 0 bridgehead atoms. The van der Waals surface area contributed by atoms with Gasteiger partial charge in [-0.05, 0) is 18.6 Å². The predicted octanol–water partition coefficient (Wildman–Crippen LogP) is 2.64. The maximum Gasteiger partial charge on any atom is 0.149 e. The molecule has 0 aliphatic rings. The molecule has 0 saturated heterocycles. The average Bonchev–Trinajstić information content (AvgIpc) is 2.48. The highest BCUT2D eigenvalue weighted by Gasteiger charge is 2.16. The summed E-state index contributed by atoms with van der Waals surface area (Å²) < 4.78 is 22.0. The van der Waals surface area contributed by atoms with Gasteiger partial charge in [0.25, 0.3) is 0 Å². The van der Waals surface area contributed by atoms with Gasteiger partial charge < -0.3 is 0 Å². The molecule has 0 spiro atoms. The van der Waals surface area contributed by atoms with Gasteiger partial charge in [0.05, 0.1) is 11.1 Å². The SMILES string of the molecule is CCc1ccc(C(Cl)CS(C)(=O)=O)s1. The van der Waals surface area contributed by atoms with E-state index in [-0.39, 0.29) is 5.75 Å². The molecule has 80 valence electrons.